The summed E-state index contributed by atoms with van der Waals surface area (Å²) in [6, 6.07) is 24.9. The number of amides is 4. The van der Waals surface area contributed by atoms with Gasteiger partial charge in [-0.2, -0.15) is 0 Å². The number of ether oxygens (including phenoxy) is 1. The molecule has 4 amide bonds. The van der Waals surface area contributed by atoms with E-state index in [1.807, 2.05) is 42.5 Å². The smallest absolute Gasteiger partial charge is 0.335 e. The van der Waals surface area contributed by atoms with E-state index in [4.69, 9.17) is 16.3 Å². The third-order valence-corrected chi connectivity index (χ3v) is 6.54. The van der Waals surface area contributed by atoms with Crippen LogP contribution in [0.25, 0.3) is 16.8 Å². The van der Waals surface area contributed by atoms with Gasteiger partial charge in [-0.3, -0.25) is 14.9 Å². The number of nitrogens with one attached hydrogen (secondary N) is 1. The van der Waals surface area contributed by atoms with Crippen LogP contribution in [0.5, 0.6) is 5.75 Å². The fourth-order valence-electron chi connectivity index (χ4n) is 3.95. The molecule has 0 bridgehead atoms. The zero-order valence-corrected chi connectivity index (χ0v) is 21.0. The van der Waals surface area contributed by atoms with Crippen LogP contribution in [0, 0.1) is 0 Å². The highest BCUT2D eigenvalue weighted by atomic mass is 79.9. The number of hydrogen-bond donors (Lipinski definition) is 1. The van der Waals surface area contributed by atoms with E-state index in [2.05, 4.69) is 21.2 Å². The summed E-state index contributed by atoms with van der Waals surface area (Å²) in [7, 11) is 0. The lowest BCUT2D eigenvalue weighted by Gasteiger charge is -2.26. The van der Waals surface area contributed by atoms with Crippen LogP contribution in [0.2, 0.25) is 5.02 Å². The van der Waals surface area contributed by atoms with Gasteiger partial charge in [-0.1, -0.05) is 76.1 Å². The maximum Gasteiger partial charge on any atom is 0.335 e. The highest BCUT2D eigenvalue weighted by Crippen LogP contribution is 2.29. The molecule has 0 saturated carbocycles. The molecule has 1 fully saturated rings. The van der Waals surface area contributed by atoms with Crippen LogP contribution < -0.4 is 15.0 Å². The Balaban J connectivity index is 1.37. The second-order valence-corrected chi connectivity index (χ2v) is 9.37. The Kier molecular flexibility index (Phi) is 6.59. The first-order valence-electron chi connectivity index (χ1n) is 11.0. The molecular formula is C28H18BrClN2O4. The van der Waals surface area contributed by atoms with Crippen LogP contribution >= 0.6 is 27.5 Å². The average molecular weight is 562 g/mol. The van der Waals surface area contributed by atoms with Gasteiger partial charge in [0.1, 0.15) is 17.9 Å². The summed E-state index contributed by atoms with van der Waals surface area (Å²) < 4.78 is 6.75. The number of hydrogen-bond acceptors (Lipinski definition) is 4. The molecule has 1 aliphatic heterocycles. The second-order valence-electron chi connectivity index (χ2n) is 8.05. The Labute approximate surface area is 220 Å². The largest absolute Gasteiger partial charge is 0.487 e. The molecule has 36 heavy (non-hydrogen) atoms. The summed E-state index contributed by atoms with van der Waals surface area (Å²) in [6.07, 6.45) is 1.40. The minimum Gasteiger partial charge on any atom is -0.487 e. The summed E-state index contributed by atoms with van der Waals surface area (Å²) in [5.74, 6) is -1.03. The Morgan fingerprint density at radius 1 is 0.917 bits per heavy atom. The average Bonchev–Trinajstić information content (AvgIpc) is 2.87. The zero-order chi connectivity index (χ0) is 25.2. The van der Waals surface area contributed by atoms with Gasteiger partial charge in [0.15, 0.2) is 0 Å². The van der Waals surface area contributed by atoms with Gasteiger partial charge in [0.2, 0.25) is 0 Å². The first-order chi connectivity index (χ1) is 17.4. The molecule has 1 aliphatic rings. The van der Waals surface area contributed by atoms with E-state index in [9.17, 15) is 14.4 Å². The Bertz CT molecular complexity index is 1540. The number of carbonyl (C=O) groups excluding carboxylic acids is 3. The minimum absolute atomic E-state index is 0.182. The van der Waals surface area contributed by atoms with Crippen molar-refractivity contribution in [3.05, 3.63) is 111 Å². The molecule has 0 radical (unpaired) electrons. The van der Waals surface area contributed by atoms with Gasteiger partial charge in [-0.25, -0.2) is 9.69 Å². The minimum atomic E-state index is -0.806. The van der Waals surface area contributed by atoms with Gasteiger partial charge < -0.3 is 4.74 Å². The molecule has 0 spiro atoms. The molecule has 0 unspecified atom stereocenters. The highest BCUT2D eigenvalue weighted by Gasteiger charge is 2.36. The molecule has 6 nitrogen and oxygen atoms in total. The van der Waals surface area contributed by atoms with E-state index in [-0.39, 0.29) is 5.57 Å². The highest BCUT2D eigenvalue weighted by molar-refractivity contribution is 9.10. The zero-order valence-electron chi connectivity index (χ0n) is 18.7. The summed E-state index contributed by atoms with van der Waals surface area (Å²) in [6.45, 7) is 0.326. The molecule has 5 rings (SSSR count). The Hall–Kier alpha value is -3.94. The number of nitrogens with zero attached hydrogens (tertiary/aromatic N) is 1. The molecule has 1 saturated heterocycles. The molecule has 1 heterocycles. The Morgan fingerprint density at radius 3 is 2.44 bits per heavy atom. The molecule has 0 aliphatic carbocycles. The maximum atomic E-state index is 13.1. The molecule has 0 atom stereocenters. The summed E-state index contributed by atoms with van der Waals surface area (Å²) >= 11 is 9.78. The number of carbonyl (C=O) groups is 3. The number of fused-ring (bicyclic) bond motifs is 1. The standard InChI is InChI=1S/C28H18BrClN2O4/c29-20-9-11-21(12-10-20)32-27(34)23(26(33)31-28(32)35)14-17-8-13-25(24(30)15-17)36-16-19-6-3-5-18-4-1-2-7-22(18)19/h1-15H,16H2,(H,31,33,35)/b23-14+. The van der Waals surface area contributed by atoms with Gasteiger partial charge in [-0.05, 0) is 64.4 Å². The predicted molar refractivity (Wildman–Crippen MR) is 143 cm³/mol. The first-order valence-corrected chi connectivity index (χ1v) is 12.1. The van der Waals surface area contributed by atoms with Gasteiger partial charge in [0, 0.05) is 4.47 Å². The van der Waals surface area contributed by atoms with E-state index in [1.54, 1.807) is 42.5 Å². The van der Waals surface area contributed by atoms with Crippen LogP contribution in [0.4, 0.5) is 10.5 Å². The molecule has 4 aromatic rings. The van der Waals surface area contributed by atoms with E-state index < -0.39 is 17.8 Å². The summed E-state index contributed by atoms with van der Waals surface area (Å²) in [5, 5.41) is 4.76. The number of halogens is 2. The predicted octanol–water partition coefficient (Wildman–Crippen LogP) is 6.50. The third-order valence-electron chi connectivity index (χ3n) is 5.72. The molecule has 8 heteroatoms. The lowest BCUT2D eigenvalue weighted by atomic mass is 10.1. The van der Waals surface area contributed by atoms with Crippen LogP contribution in [0.3, 0.4) is 0 Å². The first kappa shape index (κ1) is 23.8. The molecular weight excluding hydrogens is 544 g/mol. The molecule has 4 aromatic carbocycles. The number of benzene rings is 4. The van der Waals surface area contributed by atoms with E-state index >= 15 is 0 Å². The van der Waals surface area contributed by atoms with Crippen LogP contribution in [0.1, 0.15) is 11.1 Å². The van der Waals surface area contributed by atoms with Crippen LogP contribution in [-0.2, 0) is 16.2 Å². The topological polar surface area (TPSA) is 75.7 Å². The van der Waals surface area contributed by atoms with Crippen molar-refractivity contribution in [1.29, 1.82) is 0 Å². The van der Waals surface area contributed by atoms with Crippen LogP contribution in [0.15, 0.2) is 95.0 Å². The normalized spacial score (nSPS) is 14.9. The van der Waals surface area contributed by atoms with Gasteiger partial charge in [0.05, 0.1) is 10.7 Å². The van der Waals surface area contributed by atoms with Gasteiger partial charge in [0.25, 0.3) is 11.8 Å². The molecule has 1 N–H and O–H groups in total. The van der Waals surface area contributed by atoms with Crippen molar-refractivity contribution in [3.63, 3.8) is 0 Å². The Morgan fingerprint density at radius 2 is 1.67 bits per heavy atom. The lowest BCUT2D eigenvalue weighted by Crippen LogP contribution is -2.54. The summed E-state index contributed by atoms with van der Waals surface area (Å²) in [4.78, 5) is 38.8. The van der Waals surface area contributed by atoms with E-state index in [0.29, 0.717) is 28.6 Å². The van der Waals surface area contributed by atoms with Crippen molar-refractivity contribution in [1.82, 2.24) is 5.32 Å². The number of imide groups is 2. The van der Waals surface area contributed by atoms with Crippen molar-refractivity contribution in [2.45, 2.75) is 6.61 Å². The van der Waals surface area contributed by atoms with Crippen molar-refractivity contribution in [3.8, 4) is 5.75 Å². The second kappa shape index (κ2) is 9.97. The maximum absolute atomic E-state index is 13.1. The monoisotopic (exact) mass is 560 g/mol. The molecule has 0 aromatic heterocycles. The number of anilines is 1. The van der Waals surface area contributed by atoms with Crippen molar-refractivity contribution >= 4 is 67.9 Å². The number of rotatable bonds is 5. The van der Waals surface area contributed by atoms with Gasteiger partial charge >= 0.3 is 6.03 Å². The van der Waals surface area contributed by atoms with E-state index in [1.165, 1.54) is 6.08 Å². The van der Waals surface area contributed by atoms with Crippen LogP contribution in [-0.4, -0.2) is 17.8 Å². The fourth-order valence-corrected chi connectivity index (χ4v) is 4.45. The number of urea groups is 1. The molecule has 178 valence electrons. The van der Waals surface area contributed by atoms with Gasteiger partial charge in [-0.15, -0.1) is 0 Å². The fraction of sp³-hybridized carbons (Fsp3) is 0.0357. The number of barbiturate groups is 1. The van der Waals surface area contributed by atoms with E-state index in [0.717, 1.165) is 25.7 Å². The van der Waals surface area contributed by atoms with Crippen molar-refractivity contribution < 1.29 is 19.1 Å². The van der Waals surface area contributed by atoms with Crippen molar-refractivity contribution in [2.75, 3.05) is 4.90 Å². The SMILES string of the molecule is O=C1NC(=O)N(c2ccc(Br)cc2)C(=O)/C1=C/c1ccc(OCc2cccc3ccccc23)c(Cl)c1. The lowest BCUT2D eigenvalue weighted by molar-refractivity contribution is -0.122. The quantitative estimate of drug-likeness (QED) is 0.223. The third kappa shape index (κ3) is 4.76. The van der Waals surface area contributed by atoms with Crippen molar-refractivity contribution in [2.24, 2.45) is 0 Å². The summed E-state index contributed by atoms with van der Waals surface area (Å²) in [5.41, 5.74) is 1.70.